The fraction of sp³-hybridized carbons (Fsp3) is 0.667. The van der Waals surface area contributed by atoms with Crippen LogP contribution >= 0.6 is 24.0 Å². The van der Waals surface area contributed by atoms with Crippen LogP contribution < -0.4 is 10.6 Å². The lowest BCUT2D eigenvalue weighted by molar-refractivity contribution is 0.00752. The Bertz CT molecular complexity index is 793. The van der Waals surface area contributed by atoms with Crippen molar-refractivity contribution in [2.24, 2.45) is 10.9 Å². The zero-order chi connectivity index (χ0) is 21.4. The van der Waals surface area contributed by atoms with Crippen LogP contribution in [-0.2, 0) is 21.1 Å². The largest absolute Gasteiger partial charge is 0.379 e. The molecule has 0 amide bonds. The number of nitrogens with one attached hydrogen (secondary N) is 2. The van der Waals surface area contributed by atoms with Crippen LogP contribution in [0.15, 0.2) is 28.1 Å². The van der Waals surface area contributed by atoms with E-state index in [2.05, 4.69) is 29.4 Å². The molecule has 1 aromatic carbocycles. The van der Waals surface area contributed by atoms with Gasteiger partial charge in [0.1, 0.15) is 0 Å². The highest BCUT2D eigenvalue weighted by molar-refractivity contribution is 14.0. The van der Waals surface area contributed by atoms with Gasteiger partial charge in [-0.3, -0.25) is 4.90 Å². The number of benzene rings is 1. The number of rotatable bonds is 8. The number of halogens is 1. The lowest BCUT2D eigenvalue weighted by Gasteiger charge is -2.37. The van der Waals surface area contributed by atoms with Crippen LogP contribution in [-0.4, -0.2) is 71.0 Å². The Balaban J connectivity index is 0.00000450. The lowest BCUT2D eigenvalue weighted by atomic mass is 10.0. The highest BCUT2D eigenvalue weighted by Gasteiger charge is 2.23. The summed E-state index contributed by atoms with van der Waals surface area (Å²) in [5.41, 5.74) is 1.74. The zero-order valence-electron chi connectivity index (χ0n) is 18.8. The average molecular weight is 553 g/mol. The summed E-state index contributed by atoms with van der Waals surface area (Å²) in [5.74, 6) is 1.30. The van der Waals surface area contributed by atoms with Crippen molar-refractivity contribution in [3.63, 3.8) is 0 Å². The maximum Gasteiger partial charge on any atom is 0.191 e. The van der Waals surface area contributed by atoms with E-state index in [1.807, 2.05) is 26.0 Å². The van der Waals surface area contributed by atoms with Crippen LogP contribution in [0.25, 0.3) is 0 Å². The molecule has 0 aliphatic carbocycles. The molecule has 0 spiro atoms. The molecule has 2 N–H and O–H groups in total. The van der Waals surface area contributed by atoms with Gasteiger partial charge >= 0.3 is 0 Å². The molecule has 0 radical (unpaired) electrons. The summed E-state index contributed by atoms with van der Waals surface area (Å²) in [7, 11) is -3.20. The van der Waals surface area contributed by atoms with Crippen LogP contribution in [0, 0.1) is 12.8 Å². The second-order valence-corrected chi connectivity index (χ2v) is 9.89. The van der Waals surface area contributed by atoms with Crippen molar-refractivity contribution >= 4 is 39.8 Å². The Hall–Kier alpha value is -0.910. The molecule has 1 aliphatic heterocycles. The summed E-state index contributed by atoms with van der Waals surface area (Å²) in [6.07, 6.45) is 1.24. The minimum absolute atomic E-state index is 0. The van der Waals surface area contributed by atoms with Gasteiger partial charge in [0.2, 0.25) is 0 Å². The number of aryl methyl sites for hydroxylation is 1. The summed E-state index contributed by atoms with van der Waals surface area (Å²) in [5, 5.41) is 6.78. The topological polar surface area (TPSA) is 83.0 Å². The van der Waals surface area contributed by atoms with Crippen molar-refractivity contribution in [3.05, 3.63) is 29.3 Å². The smallest absolute Gasteiger partial charge is 0.191 e. The van der Waals surface area contributed by atoms with Crippen LogP contribution in [0.3, 0.4) is 0 Å². The number of aliphatic imine (C=N–C) groups is 1. The quantitative estimate of drug-likeness (QED) is 0.293. The molecule has 0 saturated carbocycles. The van der Waals surface area contributed by atoms with Crippen molar-refractivity contribution in [2.45, 2.75) is 45.2 Å². The normalized spacial score (nSPS) is 16.8. The van der Waals surface area contributed by atoms with Crippen molar-refractivity contribution in [1.29, 1.82) is 0 Å². The molecular weight excluding hydrogens is 515 g/mol. The van der Waals surface area contributed by atoms with Gasteiger partial charge in [-0.25, -0.2) is 13.4 Å². The third kappa shape index (κ3) is 8.32. The Morgan fingerprint density at radius 1 is 1.23 bits per heavy atom. The Labute approximate surface area is 199 Å². The van der Waals surface area contributed by atoms with E-state index in [0.717, 1.165) is 56.5 Å². The second kappa shape index (κ2) is 12.8. The molecule has 0 bridgehead atoms. The number of hydrogen-bond donors (Lipinski definition) is 2. The fourth-order valence-corrected chi connectivity index (χ4v) is 4.59. The summed E-state index contributed by atoms with van der Waals surface area (Å²) >= 11 is 0. The number of guanidine groups is 1. The third-order valence-corrected chi connectivity index (χ3v) is 6.42. The first kappa shape index (κ1) is 27.1. The lowest BCUT2D eigenvalue weighted by Crippen LogP contribution is -2.52. The van der Waals surface area contributed by atoms with Crippen molar-refractivity contribution < 1.29 is 13.2 Å². The van der Waals surface area contributed by atoms with Gasteiger partial charge in [-0.2, -0.15) is 0 Å². The van der Waals surface area contributed by atoms with Crippen LogP contribution in [0.2, 0.25) is 0 Å². The van der Waals surface area contributed by atoms with Gasteiger partial charge in [-0.05, 0) is 37.0 Å². The molecule has 30 heavy (non-hydrogen) atoms. The molecule has 1 aromatic rings. The SMILES string of the molecule is CCNC(=NCc1ccc(S(C)(=O)=O)c(C)c1)NCC(C(C)C)N1CCOCC1.I. The van der Waals surface area contributed by atoms with Crippen molar-refractivity contribution in [2.75, 3.05) is 45.6 Å². The van der Waals surface area contributed by atoms with E-state index in [1.165, 1.54) is 6.26 Å². The van der Waals surface area contributed by atoms with E-state index < -0.39 is 9.84 Å². The van der Waals surface area contributed by atoms with Gasteiger partial charge in [0.25, 0.3) is 0 Å². The van der Waals surface area contributed by atoms with Crippen molar-refractivity contribution in [1.82, 2.24) is 15.5 Å². The summed E-state index contributed by atoms with van der Waals surface area (Å²) in [4.78, 5) is 7.55. The minimum atomic E-state index is -3.20. The Morgan fingerprint density at radius 3 is 2.43 bits per heavy atom. The second-order valence-electron chi connectivity index (χ2n) is 7.91. The van der Waals surface area contributed by atoms with Crippen LogP contribution in [0.5, 0.6) is 0 Å². The average Bonchev–Trinajstić information content (AvgIpc) is 2.65. The number of hydrogen-bond acceptors (Lipinski definition) is 5. The van der Waals surface area contributed by atoms with Crippen LogP contribution in [0.4, 0.5) is 0 Å². The van der Waals surface area contributed by atoms with Gasteiger partial charge < -0.3 is 15.4 Å². The molecular formula is C21H37IN4O3S. The monoisotopic (exact) mass is 552 g/mol. The number of nitrogens with zero attached hydrogens (tertiary/aromatic N) is 2. The number of morpholine rings is 1. The maximum absolute atomic E-state index is 11.8. The molecule has 1 heterocycles. The first-order valence-corrected chi connectivity index (χ1v) is 12.2. The van der Waals surface area contributed by atoms with E-state index in [0.29, 0.717) is 23.4 Å². The predicted molar refractivity (Wildman–Crippen MR) is 134 cm³/mol. The minimum Gasteiger partial charge on any atom is -0.379 e. The molecule has 0 aromatic heterocycles. The molecule has 1 atom stereocenters. The van der Waals surface area contributed by atoms with E-state index in [4.69, 9.17) is 9.73 Å². The van der Waals surface area contributed by atoms with E-state index in [1.54, 1.807) is 6.07 Å². The molecule has 2 rings (SSSR count). The first-order valence-electron chi connectivity index (χ1n) is 10.4. The molecule has 1 fully saturated rings. The van der Waals surface area contributed by atoms with Gasteiger partial charge in [-0.1, -0.05) is 26.0 Å². The standard InChI is InChI=1S/C21H36N4O3S.HI/c1-6-22-21(24-15-19(16(2)3)25-9-11-28-12-10-25)23-14-18-7-8-20(17(4)13-18)29(5,26)27;/h7-8,13,16,19H,6,9-12,14-15H2,1-5H3,(H2,22,23,24);1H. The molecule has 172 valence electrons. The summed E-state index contributed by atoms with van der Waals surface area (Å²) in [6.45, 7) is 14.0. The molecule has 1 aliphatic rings. The Kier molecular flexibility index (Phi) is 11.6. The van der Waals surface area contributed by atoms with E-state index in [-0.39, 0.29) is 24.0 Å². The van der Waals surface area contributed by atoms with Gasteiger partial charge in [0, 0.05) is 38.5 Å². The number of ether oxygens (including phenoxy) is 1. The zero-order valence-corrected chi connectivity index (χ0v) is 21.9. The predicted octanol–water partition coefficient (Wildman–Crippen LogP) is 2.43. The van der Waals surface area contributed by atoms with E-state index >= 15 is 0 Å². The number of sulfone groups is 1. The summed E-state index contributed by atoms with van der Waals surface area (Å²) < 4.78 is 29.1. The van der Waals surface area contributed by atoms with E-state index in [9.17, 15) is 8.42 Å². The molecule has 7 nitrogen and oxygen atoms in total. The van der Waals surface area contributed by atoms with Crippen molar-refractivity contribution in [3.8, 4) is 0 Å². The molecule has 9 heteroatoms. The first-order chi connectivity index (χ1) is 13.7. The Morgan fingerprint density at radius 2 is 1.90 bits per heavy atom. The van der Waals surface area contributed by atoms with Gasteiger partial charge in [0.05, 0.1) is 24.7 Å². The fourth-order valence-electron chi connectivity index (χ4n) is 3.63. The van der Waals surface area contributed by atoms with Crippen LogP contribution in [0.1, 0.15) is 31.9 Å². The maximum atomic E-state index is 11.8. The highest BCUT2D eigenvalue weighted by atomic mass is 127. The highest BCUT2D eigenvalue weighted by Crippen LogP contribution is 2.17. The molecule has 1 unspecified atom stereocenters. The summed E-state index contributed by atoms with van der Waals surface area (Å²) in [6, 6.07) is 5.82. The third-order valence-electron chi connectivity index (χ3n) is 5.17. The molecule has 1 saturated heterocycles. The van der Waals surface area contributed by atoms with Gasteiger partial charge in [-0.15, -0.1) is 24.0 Å². The van der Waals surface area contributed by atoms with Gasteiger partial charge in [0.15, 0.2) is 15.8 Å².